The molecular formula is C23H23Cl2N3O3S. The number of amides is 1. The number of halogens is 2. The summed E-state index contributed by atoms with van der Waals surface area (Å²) in [5, 5.41) is 3.25. The maximum absolute atomic E-state index is 12.6. The molecule has 9 heteroatoms. The molecule has 0 unspecified atom stereocenters. The van der Waals surface area contributed by atoms with Crippen LogP contribution in [0.25, 0.3) is 0 Å². The molecule has 168 valence electrons. The predicted molar refractivity (Wildman–Crippen MR) is 129 cm³/mol. The predicted octanol–water partition coefficient (Wildman–Crippen LogP) is 4.83. The molecule has 0 fully saturated rings. The summed E-state index contributed by atoms with van der Waals surface area (Å²) < 4.78 is 27.7. The highest BCUT2D eigenvalue weighted by atomic mass is 35.5. The molecule has 1 atom stereocenters. The van der Waals surface area contributed by atoms with E-state index in [2.05, 4.69) is 10.0 Å². The normalized spacial score (nSPS) is 12.4. The lowest BCUT2D eigenvalue weighted by Gasteiger charge is -2.25. The molecule has 0 bridgehead atoms. The monoisotopic (exact) mass is 491 g/mol. The van der Waals surface area contributed by atoms with Crippen LogP contribution < -0.4 is 10.0 Å². The standard InChI is InChI=1S/C23H23Cl2N3O3S/c1-28(2)21(16-6-4-3-5-7-16)15-26-23(29)17-8-11-19(12-9-17)27-32(30,31)22-14-18(24)10-13-20(22)25/h3-14,21,27H,15H2,1-2H3,(H,26,29)/t21-/m1/s1. The highest BCUT2D eigenvalue weighted by Crippen LogP contribution is 2.27. The smallest absolute Gasteiger partial charge is 0.263 e. The first kappa shape index (κ1) is 24.1. The zero-order valence-corrected chi connectivity index (χ0v) is 19.9. The van der Waals surface area contributed by atoms with Gasteiger partial charge in [0.05, 0.1) is 11.1 Å². The Balaban J connectivity index is 1.67. The lowest BCUT2D eigenvalue weighted by Crippen LogP contribution is -2.34. The van der Waals surface area contributed by atoms with Crippen LogP contribution in [0.5, 0.6) is 0 Å². The summed E-state index contributed by atoms with van der Waals surface area (Å²) in [6, 6.07) is 20.3. The molecule has 0 saturated carbocycles. The topological polar surface area (TPSA) is 78.5 Å². The summed E-state index contributed by atoms with van der Waals surface area (Å²) in [4.78, 5) is 14.5. The fourth-order valence-corrected chi connectivity index (χ4v) is 4.97. The lowest BCUT2D eigenvalue weighted by atomic mass is 10.1. The fraction of sp³-hybridized carbons (Fsp3) is 0.174. The number of carbonyl (C=O) groups excluding carboxylic acids is 1. The number of rotatable bonds is 8. The second-order valence-corrected chi connectivity index (χ2v) is 9.85. The first-order valence-corrected chi connectivity index (χ1v) is 12.0. The van der Waals surface area contributed by atoms with Crippen LogP contribution in [0.2, 0.25) is 10.0 Å². The van der Waals surface area contributed by atoms with E-state index < -0.39 is 10.0 Å². The van der Waals surface area contributed by atoms with Crippen LogP contribution in [-0.2, 0) is 10.0 Å². The molecule has 0 heterocycles. The third-order valence-corrected chi connectivity index (χ3v) is 6.94. The van der Waals surface area contributed by atoms with Gasteiger partial charge in [0.15, 0.2) is 0 Å². The number of sulfonamides is 1. The van der Waals surface area contributed by atoms with Crippen LogP contribution in [0.1, 0.15) is 22.0 Å². The van der Waals surface area contributed by atoms with Gasteiger partial charge in [-0.05, 0) is 62.1 Å². The molecule has 32 heavy (non-hydrogen) atoms. The van der Waals surface area contributed by atoms with Gasteiger partial charge in [0.1, 0.15) is 4.90 Å². The number of nitrogens with zero attached hydrogens (tertiary/aromatic N) is 1. The molecule has 3 aromatic rings. The van der Waals surface area contributed by atoms with Crippen molar-refractivity contribution in [3.63, 3.8) is 0 Å². The molecule has 0 radical (unpaired) electrons. The number of nitrogens with one attached hydrogen (secondary N) is 2. The minimum Gasteiger partial charge on any atom is -0.350 e. The third-order valence-electron chi connectivity index (χ3n) is 4.85. The van der Waals surface area contributed by atoms with Crippen LogP contribution in [0, 0.1) is 0 Å². The van der Waals surface area contributed by atoms with E-state index in [0.29, 0.717) is 17.8 Å². The SMILES string of the molecule is CN(C)[C@H](CNC(=O)c1ccc(NS(=O)(=O)c2cc(Cl)ccc2Cl)cc1)c1ccccc1. The maximum Gasteiger partial charge on any atom is 0.263 e. The second-order valence-electron chi connectivity index (χ2n) is 7.36. The largest absolute Gasteiger partial charge is 0.350 e. The first-order chi connectivity index (χ1) is 15.2. The molecule has 0 spiro atoms. The van der Waals surface area contributed by atoms with Crippen molar-refractivity contribution >= 4 is 44.8 Å². The van der Waals surface area contributed by atoms with Crippen molar-refractivity contribution in [3.05, 3.63) is 94.0 Å². The highest BCUT2D eigenvalue weighted by molar-refractivity contribution is 7.92. The zero-order chi connectivity index (χ0) is 23.3. The maximum atomic E-state index is 12.6. The average molecular weight is 492 g/mol. The van der Waals surface area contributed by atoms with E-state index in [-0.39, 0.29) is 26.9 Å². The summed E-state index contributed by atoms with van der Waals surface area (Å²) in [6.07, 6.45) is 0. The van der Waals surface area contributed by atoms with Crippen LogP contribution >= 0.6 is 23.2 Å². The number of hydrogen-bond donors (Lipinski definition) is 2. The quantitative estimate of drug-likeness (QED) is 0.473. The number of hydrogen-bond acceptors (Lipinski definition) is 4. The van der Waals surface area contributed by atoms with E-state index in [0.717, 1.165) is 5.56 Å². The molecule has 0 saturated heterocycles. The molecule has 2 N–H and O–H groups in total. The van der Waals surface area contributed by atoms with Gasteiger partial charge in [-0.15, -0.1) is 0 Å². The van der Waals surface area contributed by atoms with Gasteiger partial charge in [-0.2, -0.15) is 0 Å². The Labute approximate surface area is 198 Å². The van der Waals surface area contributed by atoms with Gasteiger partial charge >= 0.3 is 0 Å². The number of benzene rings is 3. The van der Waals surface area contributed by atoms with Crippen molar-refractivity contribution in [1.29, 1.82) is 0 Å². The zero-order valence-electron chi connectivity index (χ0n) is 17.5. The van der Waals surface area contributed by atoms with E-state index in [4.69, 9.17) is 23.2 Å². The van der Waals surface area contributed by atoms with E-state index in [9.17, 15) is 13.2 Å². The van der Waals surface area contributed by atoms with Gasteiger partial charge in [0.2, 0.25) is 0 Å². The van der Waals surface area contributed by atoms with Crippen molar-refractivity contribution in [2.45, 2.75) is 10.9 Å². The van der Waals surface area contributed by atoms with E-state index in [1.54, 1.807) is 12.1 Å². The van der Waals surface area contributed by atoms with Crippen molar-refractivity contribution in [3.8, 4) is 0 Å². The Bertz CT molecular complexity index is 1180. The Kier molecular flexibility index (Phi) is 7.79. The average Bonchev–Trinajstić information content (AvgIpc) is 2.76. The minimum atomic E-state index is -3.93. The molecule has 3 rings (SSSR count). The summed E-state index contributed by atoms with van der Waals surface area (Å²) in [5.74, 6) is -0.250. The van der Waals surface area contributed by atoms with E-state index in [1.165, 1.54) is 30.3 Å². The van der Waals surface area contributed by atoms with Gasteiger partial charge in [0, 0.05) is 22.8 Å². The molecule has 0 aliphatic rings. The third kappa shape index (κ3) is 6.01. The lowest BCUT2D eigenvalue weighted by molar-refractivity contribution is 0.0942. The molecule has 1 amide bonds. The second kappa shape index (κ2) is 10.4. The number of likely N-dealkylation sites (N-methyl/N-ethyl adjacent to an activating group) is 1. The Morgan fingerprint density at radius 1 is 0.969 bits per heavy atom. The summed E-state index contributed by atoms with van der Waals surface area (Å²) >= 11 is 11.9. The summed E-state index contributed by atoms with van der Waals surface area (Å²) in [7, 11) is -0.0232. The summed E-state index contributed by atoms with van der Waals surface area (Å²) in [5.41, 5.74) is 1.81. The molecule has 0 aliphatic carbocycles. The Hall–Kier alpha value is -2.58. The van der Waals surface area contributed by atoms with Crippen LogP contribution in [-0.4, -0.2) is 39.9 Å². The molecule has 0 aromatic heterocycles. The first-order valence-electron chi connectivity index (χ1n) is 9.75. The number of carbonyl (C=O) groups is 1. The molecule has 3 aromatic carbocycles. The fourth-order valence-electron chi connectivity index (χ4n) is 3.15. The minimum absolute atomic E-state index is 0.0219. The van der Waals surface area contributed by atoms with E-state index in [1.807, 2.05) is 49.3 Å². The Morgan fingerprint density at radius 2 is 1.62 bits per heavy atom. The molecule has 6 nitrogen and oxygen atoms in total. The molecular weight excluding hydrogens is 469 g/mol. The summed E-state index contributed by atoms with van der Waals surface area (Å²) in [6.45, 7) is 0.428. The number of anilines is 1. The highest BCUT2D eigenvalue weighted by Gasteiger charge is 2.19. The van der Waals surface area contributed by atoms with Gasteiger partial charge in [0.25, 0.3) is 15.9 Å². The molecule has 0 aliphatic heterocycles. The van der Waals surface area contributed by atoms with Gasteiger partial charge < -0.3 is 10.2 Å². The van der Waals surface area contributed by atoms with Crippen LogP contribution in [0.15, 0.2) is 77.7 Å². The van der Waals surface area contributed by atoms with E-state index >= 15 is 0 Å². The van der Waals surface area contributed by atoms with Crippen LogP contribution in [0.4, 0.5) is 5.69 Å². The van der Waals surface area contributed by atoms with Gasteiger partial charge in [-0.1, -0.05) is 53.5 Å². The van der Waals surface area contributed by atoms with Gasteiger partial charge in [-0.3, -0.25) is 9.52 Å². The van der Waals surface area contributed by atoms with Crippen molar-refractivity contribution in [2.24, 2.45) is 0 Å². The van der Waals surface area contributed by atoms with Gasteiger partial charge in [-0.25, -0.2) is 8.42 Å². The van der Waals surface area contributed by atoms with Crippen molar-refractivity contribution in [2.75, 3.05) is 25.4 Å². The Morgan fingerprint density at radius 3 is 2.25 bits per heavy atom. The van der Waals surface area contributed by atoms with Crippen molar-refractivity contribution in [1.82, 2.24) is 10.2 Å². The van der Waals surface area contributed by atoms with Crippen molar-refractivity contribution < 1.29 is 13.2 Å². The van der Waals surface area contributed by atoms with Crippen LogP contribution in [0.3, 0.4) is 0 Å².